The highest BCUT2D eigenvalue weighted by Gasteiger charge is 1.95. The summed E-state index contributed by atoms with van der Waals surface area (Å²) in [6, 6.07) is 15.3. The van der Waals surface area contributed by atoms with Crippen LogP contribution in [-0.4, -0.2) is 5.75 Å². The van der Waals surface area contributed by atoms with Gasteiger partial charge in [0, 0.05) is 0 Å². The lowest BCUT2D eigenvalue weighted by molar-refractivity contribution is 0.805. The van der Waals surface area contributed by atoms with Gasteiger partial charge in [-0.15, -0.1) is 0 Å². The van der Waals surface area contributed by atoms with Crippen molar-refractivity contribution in [3.63, 3.8) is 0 Å². The van der Waals surface area contributed by atoms with Gasteiger partial charge in [0.05, 0.1) is 0 Å². The largest absolute Gasteiger partial charge is 0.179 e. The third-order valence-corrected chi connectivity index (χ3v) is 3.00. The standard InChI is InChI=1S/C14H16S/c15-10-4-3-5-12-8-9-13-6-1-2-7-14(13)11-12/h1-2,6-9,11,15H,3-5,10H2. The van der Waals surface area contributed by atoms with Crippen LogP contribution in [0.3, 0.4) is 0 Å². The van der Waals surface area contributed by atoms with Crippen LogP contribution in [0.15, 0.2) is 42.5 Å². The smallest absolute Gasteiger partial charge is 0.00978 e. The van der Waals surface area contributed by atoms with Gasteiger partial charge in [-0.25, -0.2) is 0 Å². The van der Waals surface area contributed by atoms with Crippen LogP contribution in [0.5, 0.6) is 0 Å². The average Bonchev–Trinajstić information content (AvgIpc) is 2.29. The van der Waals surface area contributed by atoms with E-state index >= 15 is 0 Å². The van der Waals surface area contributed by atoms with Gasteiger partial charge in [0.2, 0.25) is 0 Å². The minimum atomic E-state index is 0.994. The molecule has 0 aromatic heterocycles. The summed E-state index contributed by atoms with van der Waals surface area (Å²) in [5.41, 5.74) is 1.44. The van der Waals surface area contributed by atoms with Crippen LogP contribution in [0.4, 0.5) is 0 Å². The minimum absolute atomic E-state index is 0.994. The Balaban J connectivity index is 2.16. The number of hydrogen-bond acceptors (Lipinski definition) is 1. The first-order chi connectivity index (χ1) is 7.40. The monoisotopic (exact) mass is 216 g/mol. The molecule has 0 bridgehead atoms. The van der Waals surface area contributed by atoms with Crippen molar-refractivity contribution in [1.82, 2.24) is 0 Å². The number of thiol groups is 1. The number of aryl methyl sites for hydroxylation is 1. The van der Waals surface area contributed by atoms with E-state index in [1.807, 2.05) is 0 Å². The van der Waals surface area contributed by atoms with Gasteiger partial charge in [-0.05, 0) is 41.4 Å². The lowest BCUT2D eigenvalue weighted by atomic mass is 10.0. The van der Waals surface area contributed by atoms with Gasteiger partial charge in [0.25, 0.3) is 0 Å². The molecule has 0 fully saturated rings. The molecule has 0 unspecified atom stereocenters. The number of unbranched alkanes of at least 4 members (excludes halogenated alkanes) is 1. The summed E-state index contributed by atoms with van der Waals surface area (Å²) in [7, 11) is 0. The highest BCUT2D eigenvalue weighted by molar-refractivity contribution is 7.80. The van der Waals surface area contributed by atoms with Crippen LogP contribution in [-0.2, 0) is 6.42 Å². The molecular formula is C14H16S. The van der Waals surface area contributed by atoms with E-state index in [0.29, 0.717) is 0 Å². The molecule has 15 heavy (non-hydrogen) atoms. The van der Waals surface area contributed by atoms with Gasteiger partial charge in [-0.1, -0.05) is 42.5 Å². The number of rotatable bonds is 4. The fourth-order valence-corrected chi connectivity index (χ4v) is 2.06. The van der Waals surface area contributed by atoms with Gasteiger partial charge < -0.3 is 0 Å². The minimum Gasteiger partial charge on any atom is -0.179 e. The molecule has 0 radical (unpaired) electrons. The SMILES string of the molecule is SCCCCc1ccc2ccccc2c1. The maximum atomic E-state index is 4.23. The molecule has 1 heteroatoms. The fraction of sp³-hybridized carbons (Fsp3) is 0.286. The second kappa shape index (κ2) is 5.22. The van der Waals surface area contributed by atoms with E-state index in [1.165, 1.54) is 35.6 Å². The normalized spacial score (nSPS) is 10.7. The lowest BCUT2D eigenvalue weighted by Crippen LogP contribution is -1.86. The molecule has 0 heterocycles. The van der Waals surface area contributed by atoms with Crippen LogP contribution in [0.2, 0.25) is 0 Å². The summed E-state index contributed by atoms with van der Waals surface area (Å²) in [5, 5.41) is 2.68. The average molecular weight is 216 g/mol. The van der Waals surface area contributed by atoms with Gasteiger partial charge in [0.1, 0.15) is 0 Å². The zero-order valence-electron chi connectivity index (χ0n) is 8.82. The van der Waals surface area contributed by atoms with Crippen molar-refractivity contribution in [2.24, 2.45) is 0 Å². The molecule has 2 aromatic carbocycles. The quantitative estimate of drug-likeness (QED) is 0.577. The fourth-order valence-electron chi connectivity index (χ4n) is 1.84. The lowest BCUT2D eigenvalue weighted by Gasteiger charge is -2.03. The van der Waals surface area contributed by atoms with Crippen LogP contribution < -0.4 is 0 Å². The van der Waals surface area contributed by atoms with E-state index in [9.17, 15) is 0 Å². The number of benzene rings is 2. The molecule has 0 amide bonds. The molecule has 2 rings (SSSR count). The topological polar surface area (TPSA) is 0 Å². The zero-order chi connectivity index (χ0) is 10.5. The summed E-state index contributed by atoms with van der Waals surface area (Å²) in [6.45, 7) is 0. The molecule has 0 nitrogen and oxygen atoms in total. The van der Waals surface area contributed by atoms with Crippen molar-refractivity contribution in [2.75, 3.05) is 5.75 Å². The van der Waals surface area contributed by atoms with E-state index in [-0.39, 0.29) is 0 Å². The Morgan fingerprint density at radius 2 is 1.67 bits per heavy atom. The number of hydrogen-bond donors (Lipinski definition) is 1. The Bertz CT molecular complexity index is 434. The van der Waals surface area contributed by atoms with Crippen molar-refractivity contribution in [2.45, 2.75) is 19.3 Å². The molecule has 0 aliphatic carbocycles. The predicted molar refractivity (Wildman–Crippen MR) is 70.7 cm³/mol. The molecule has 2 aromatic rings. The van der Waals surface area contributed by atoms with E-state index in [0.717, 1.165) is 5.75 Å². The van der Waals surface area contributed by atoms with E-state index in [1.54, 1.807) is 0 Å². The zero-order valence-corrected chi connectivity index (χ0v) is 9.71. The van der Waals surface area contributed by atoms with Gasteiger partial charge in [0.15, 0.2) is 0 Å². The van der Waals surface area contributed by atoms with Crippen LogP contribution in [0.1, 0.15) is 18.4 Å². The van der Waals surface area contributed by atoms with Crippen molar-refractivity contribution >= 4 is 23.4 Å². The second-order valence-corrected chi connectivity index (χ2v) is 4.31. The molecule has 0 aliphatic heterocycles. The van der Waals surface area contributed by atoms with E-state index in [4.69, 9.17) is 0 Å². The third kappa shape index (κ3) is 2.75. The van der Waals surface area contributed by atoms with E-state index in [2.05, 4.69) is 55.1 Å². The summed E-state index contributed by atoms with van der Waals surface area (Å²) < 4.78 is 0. The van der Waals surface area contributed by atoms with Crippen LogP contribution >= 0.6 is 12.6 Å². The first kappa shape index (κ1) is 10.6. The van der Waals surface area contributed by atoms with Gasteiger partial charge in [-0.2, -0.15) is 12.6 Å². The maximum Gasteiger partial charge on any atom is -0.00978 e. The van der Waals surface area contributed by atoms with Gasteiger partial charge >= 0.3 is 0 Å². The Kier molecular flexibility index (Phi) is 3.68. The molecule has 0 atom stereocenters. The first-order valence-electron chi connectivity index (χ1n) is 5.49. The molecule has 0 saturated carbocycles. The second-order valence-electron chi connectivity index (χ2n) is 3.86. The van der Waals surface area contributed by atoms with Gasteiger partial charge in [-0.3, -0.25) is 0 Å². The first-order valence-corrected chi connectivity index (χ1v) is 6.12. The Morgan fingerprint density at radius 3 is 2.47 bits per heavy atom. The number of fused-ring (bicyclic) bond motifs is 1. The van der Waals surface area contributed by atoms with Crippen molar-refractivity contribution in [3.05, 3.63) is 48.0 Å². The predicted octanol–water partition coefficient (Wildman–Crippen LogP) is 4.09. The van der Waals surface area contributed by atoms with Crippen LogP contribution in [0, 0.1) is 0 Å². The maximum absolute atomic E-state index is 4.23. The van der Waals surface area contributed by atoms with Crippen LogP contribution in [0.25, 0.3) is 10.8 Å². The molecule has 0 N–H and O–H groups in total. The third-order valence-electron chi connectivity index (χ3n) is 2.69. The summed E-state index contributed by atoms with van der Waals surface area (Å²) in [6.07, 6.45) is 3.61. The van der Waals surface area contributed by atoms with Crippen molar-refractivity contribution < 1.29 is 0 Å². The molecule has 0 saturated heterocycles. The Morgan fingerprint density at radius 1 is 0.867 bits per heavy atom. The summed E-state index contributed by atoms with van der Waals surface area (Å²) in [5.74, 6) is 0.994. The van der Waals surface area contributed by atoms with Crippen molar-refractivity contribution in [1.29, 1.82) is 0 Å². The molecule has 0 spiro atoms. The molecule has 0 aliphatic rings. The Labute approximate surface area is 96.7 Å². The summed E-state index contributed by atoms with van der Waals surface area (Å²) in [4.78, 5) is 0. The Hall–Kier alpha value is -0.950. The summed E-state index contributed by atoms with van der Waals surface area (Å²) >= 11 is 4.23. The van der Waals surface area contributed by atoms with Crippen molar-refractivity contribution in [3.8, 4) is 0 Å². The van der Waals surface area contributed by atoms with E-state index < -0.39 is 0 Å². The highest BCUT2D eigenvalue weighted by Crippen LogP contribution is 2.16. The molecule has 78 valence electrons. The molecular weight excluding hydrogens is 200 g/mol. The highest BCUT2D eigenvalue weighted by atomic mass is 32.1.